The van der Waals surface area contributed by atoms with Gasteiger partial charge < -0.3 is 36.8 Å². The van der Waals surface area contributed by atoms with E-state index in [0.29, 0.717) is 25.8 Å². The lowest BCUT2D eigenvalue weighted by Crippen LogP contribution is -2.37. The zero-order chi connectivity index (χ0) is 19.8. The van der Waals surface area contributed by atoms with Gasteiger partial charge in [0.2, 0.25) is 0 Å². The Morgan fingerprint density at radius 3 is 1.88 bits per heavy atom. The van der Waals surface area contributed by atoms with Crippen LogP contribution in [-0.2, 0) is 19.2 Å². The fourth-order valence-electron chi connectivity index (χ4n) is 1.62. The average Bonchev–Trinajstić information content (AvgIpc) is 2.49. The summed E-state index contributed by atoms with van der Waals surface area (Å²) in [7, 11) is 1.59. The van der Waals surface area contributed by atoms with E-state index in [1.54, 1.807) is 7.05 Å². The summed E-state index contributed by atoms with van der Waals surface area (Å²) in [5.41, 5.74) is 5.31. The Labute approximate surface area is 145 Å². The zero-order valence-corrected chi connectivity index (χ0v) is 14.1. The maximum Gasteiger partial charge on any atom is 0.320 e. The van der Waals surface area contributed by atoms with Gasteiger partial charge >= 0.3 is 23.9 Å². The SMILES string of the molecule is CNCC(=O)O.NC(CCCCNC(CCC(=O)O)C(=O)O)C(=O)O. The molecule has 2 atom stereocenters. The number of carboxylic acids is 4. The molecule has 0 spiro atoms. The van der Waals surface area contributed by atoms with Gasteiger partial charge in [0.15, 0.2) is 0 Å². The molecule has 0 aromatic heterocycles. The highest BCUT2D eigenvalue weighted by atomic mass is 16.4. The molecule has 11 heteroatoms. The van der Waals surface area contributed by atoms with Crippen LogP contribution in [0.4, 0.5) is 0 Å². The zero-order valence-electron chi connectivity index (χ0n) is 14.1. The molecule has 0 aromatic carbocycles. The van der Waals surface area contributed by atoms with E-state index in [2.05, 4.69) is 10.6 Å². The predicted molar refractivity (Wildman–Crippen MR) is 87.3 cm³/mol. The molecule has 2 unspecified atom stereocenters. The molecule has 0 amide bonds. The summed E-state index contributed by atoms with van der Waals surface area (Å²) in [5.74, 6) is -4.01. The number of hydrogen-bond acceptors (Lipinski definition) is 7. The first kappa shape index (κ1) is 25.0. The molecule has 0 saturated carbocycles. The number of likely N-dealkylation sites (N-methyl/N-ethyl adjacent to an activating group) is 1. The lowest BCUT2D eigenvalue weighted by Gasteiger charge is -2.13. The van der Waals surface area contributed by atoms with E-state index < -0.39 is 36.0 Å². The fourth-order valence-corrected chi connectivity index (χ4v) is 1.62. The molecule has 0 aliphatic carbocycles. The van der Waals surface area contributed by atoms with E-state index >= 15 is 0 Å². The molecule has 8 N–H and O–H groups in total. The number of hydrogen-bond donors (Lipinski definition) is 7. The summed E-state index contributed by atoms with van der Waals surface area (Å²) in [6, 6.07) is -1.80. The van der Waals surface area contributed by atoms with Crippen molar-refractivity contribution in [1.29, 1.82) is 0 Å². The first-order chi connectivity index (χ1) is 11.6. The van der Waals surface area contributed by atoms with Gasteiger partial charge in [-0.1, -0.05) is 6.42 Å². The van der Waals surface area contributed by atoms with Crippen molar-refractivity contribution >= 4 is 23.9 Å². The van der Waals surface area contributed by atoms with Crippen molar-refractivity contribution in [2.45, 2.75) is 44.2 Å². The summed E-state index contributed by atoms with van der Waals surface area (Å²) >= 11 is 0. The Kier molecular flexibility index (Phi) is 15.3. The Hall–Kier alpha value is -2.24. The van der Waals surface area contributed by atoms with Gasteiger partial charge in [-0.15, -0.1) is 0 Å². The molecule has 0 aliphatic heterocycles. The van der Waals surface area contributed by atoms with Gasteiger partial charge in [-0.05, 0) is 32.9 Å². The lowest BCUT2D eigenvalue weighted by molar-refractivity contribution is -0.141. The van der Waals surface area contributed by atoms with Gasteiger partial charge in [-0.3, -0.25) is 19.2 Å². The quantitative estimate of drug-likeness (QED) is 0.193. The van der Waals surface area contributed by atoms with E-state index in [1.165, 1.54) is 0 Å². The van der Waals surface area contributed by atoms with Crippen LogP contribution >= 0.6 is 0 Å². The van der Waals surface area contributed by atoms with Gasteiger partial charge in [0.1, 0.15) is 12.1 Å². The topological polar surface area (TPSA) is 199 Å². The van der Waals surface area contributed by atoms with Crippen molar-refractivity contribution in [3.63, 3.8) is 0 Å². The molecule has 0 fully saturated rings. The number of aliphatic carboxylic acids is 4. The smallest absolute Gasteiger partial charge is 0.320 e. The summed E-state index contributed by atoms with van der Waals surface area (Å²) < 4.78 is 0. The highest BCUT2D eigenvalue weighted by Crippen LogP contribution is 2.01. The monoisotopic (exact) mass is 365 g/mol. The molecule has 0 bridgehead atoms. The second-order valence-corrected chi connectivity index (χ2v) is 5.14. The Bertz CT molecular complexity index is 430. The molecular weight excluding hydrogens is 338 g/mol. The molecule has 0 saturated heterocycles. The standard InChI is InChI=1S/C11H20N2O6.C3H7NO2/c12-7(10(16)17)3-1-2-6-13-8(11(18)19)4-5-9(14)15;1-4-2-3(5)6/h7-8,13H,1-6,12H2,(H,14,15)(H,16,17)(H,18,19);4H,2H2,1H3,(H,5,6). The van der Waals surface area contributed by atoms with Crippen molar-refractivity contribution in [2.75, 3.05) is 20.1 Å². The molecule has 0 aromatic rings. The van der Waals surface area contributed by atoms with Crippen LogP contribution in [-0.4, -0.2) is 76.5 Å². The van der Waals surface area contributed by atoms with Crippen molar-refractivity contribution < 1.29 is 39.6 Å². The van der Waals surface area contributed by atoms with Crippen LogP contribution in [0.5, 0.6) is 0 Å². The van der Waals surface area contributed by atoms with Gasteiger partial charge in [0, 0.05) is 6.42 Å². The second kappa shape index (κ2) is 15.3. The number of nitrogens with two attached hydrogens (primary N) is 1. The van der Waals surface area contributed by atoms with E-state index in [9.17, 15) is 19.2 Å². The average molecular weight is 365 g/mol. The number of nitrogens with one attached hydrogen (secondary N) is 2. The Morgan fingerprint density at radius 1 is 0.920 bits per heavy atom. The maximum atomic E-state index is 10.8. The van der Waals surface area contributed by atoms with Crippen LogP contribution in [0.1, 0.15) is 32.1 Å². The first-order valence-electron chi connectivity index (χ1n) is 7.64. The van der Waals surface area contributed by atoms with E-state index in [-0.39, 0.29) is 19.4 Å². The molecule has 0 rings (SSSR count). The lowest BCUT2D eigenvalue weighted by atomic mass is 10.1. The molecule has 0 radical (unpaired) electrons. The largest absolute Gasteiger partial charge is 0.481 e. The van der Waals surface area contributed by atoms with E-state index in [4.69, 9.17) is 26.2 Å². The third kappa shape index (κ3) is 17.9. The predicted octanol–water partition coefficient (Wildman–Crippen LogP) is -1.23. The molecule has 11 nitrogen and oxygen atoms in total. The summed E-state index contributed by atoms with van der Waals surface area (Å²) in [5, 5.41) is 38.9. The van der Waals surface area contributed by atoms with Crippen LogP contribution in [0, 0.1) is 0 Å². The highest BCUT2D eigenvalue weighted by Gasteiger charge is 2.17. The highest BCUT2D eigenvalue weighted by molar-refractivity contribution is 5.75. The van der Waals surface area contributed by atoms with Crippen LogP contribution < -0.4 is 16.4 Å². The Morgan fingerprint density at radius 2 is 1.52 bits per heavy atom. The van der Waals surface area contributed by atoms with Crippen LogP contribution in [0.15, 0.2) is 0 Å². The third-order valence-electron chi connectivity index (χ3n) is 2.92. The summed E-state index contributed by atoms with van der Waals surface area (Å²) in [4.78, 5) is 41.1. The van der Waals surface area contributed by atoms with E-state index in [0.717, 1.165) is 0 Å². The fraction of sp³-hybridized carbons (Fsp3) is 0.714. The van der Waals surface area contributed by atoms with Crippen LogP contribution in [0.3, 0.4) is 0 Å². The van der Waals surface area contributed by atoms with Crippen molar-refractivity contribution in [3.8, 4) is 0 Å². The molecule has 0 heterocycles. The number of rotatable bonds is 13. The maximum absolute atomic E-state index is 10.8. The van der Waals surface area contributed by atoms with Gasteiger partial charge in [0.25, 0.3) is 0 Å². The van der Waals surface area contributed by atoms with E-state index in [1.807, 2.05) is 0 Å². The van der Waals surface area contributed by atoms with Gasteiger partial charge in [0.05, 0.1) is 6.54 Å². The van der Waals surface area contributed by atoms with Gasteiger partial charge in [-0.25, -0.2) is 0 Å². The van der Waals surface area contributed by atoms with Crippen molar-refractivity contribution in [3.05, 3.63) is 0 Å². The summed E-state index contributed by atoms with van der Waals surface area (Å²) in [6.07, 6.45) is 1.26. The number of carbonyl (C=O) groups is 4. The molecule has 146 valence electrons. The minimum absolute atomic E-state index is 0.0132. The third-order valence-corrected chi connectivity index (χ3v) is 2.92. The minimum atomic E-state index is -1.09. The van der Waals surface area contributed by atoms with Crippen LogP contribution in [0.25, 0.3) is 0 Å². The molecule has 0 aliphatic rings. The molecule has 25 heavy (non-hydrogen) atoms. The second-order valence-electron chi connectivity index (χ2n) is 5.14. The number of unbranched alkanes of at least 4 members (excludes halogenated alkanes) is 1. The molecular formula is C14H27N3O8. The first-order valence-corrected chi connectivity index (χ1v) is 7.64. The van der Waals surface area contributed by atoms with Crippen molar-refractivity contribution in [1.82, 2.24) is 10.6 Å². The Balaban J connectivity index is 0. The van der Waals surface area contributed by atoms with Crippen LogP contribution in [0.2, 0.25) is 0 Å². The van der Waals surface area contributed by atoms with Crippen molar-refractivity contribution in [2.24, 2.45) is 5.73 Å². The van der Waals surface area contributed by atoms with Gasteiger partial charge in [-0.2, -0.15) is 0 Å². The normalized spacial score (nSPS) is 12.4. The summed E-state index contributed by atoms with van der Waals surface area (Å²) in [6.45, 7) is 0.420. The number of carboxylic acid groups (broad SMARTS) is 4. The minimum Gasteiger partial charge on any atom is -0.481 e.